The maximum atomic E-state index is 12.7. The summed E-state index contributed by atoms with van der Waals surface area (Å²) >= 11 is 0. The maximum Gasteiger partial charge on any atom is 0.258 e. The van der Waals surface area contributed by atoms with E-state index in [0.29, 0.717) is 49.5 Å². The quantitative estimate of drug-likeness (QED) is 0.705. The predicted octanol–water partition coefficient (Wildman–Crippen LogP) is 1.57. The summed E-state index contributed by atoms with van der Waals surface area (Å²) in [5.41, 5.74) is 1.32. The van der Waals surface area contributed by atoms with Crippen LogP contribution in [0.15, 0.2) is 59.4 Å². The van der Waals surface area contributed by atoms with Gasteiger partial charge in [0.2, 0.25) is 10.0 Å². The average molecular weight is 398 g/mol. The van der Waals surface area contributed by atoms with Crippen molar-refractivity contribution in [2.75, 3.05) is 26.2 Å². The number of H-pyrrole nitrogens is 1. The lowest BCUT2D eigenvalue weighted by Crippen LogP contribution is -2.48. The van der Waals surface area contributed by atoms with Crippen molar-refractivity contribution in [2.45, 2.75) is 12.3 Å². The predicted molar refractivity (Wildman–Crippen MR) is 108 cm³/mol. The standard InChI is InChI=1S/C20H22N4O3S/c25-20-17-8-4-5-9-18(17)21-19(22-20)14-23-10-12-24(13-11-23)28(26,27)15-16-6-2-1-3-7-16/h1-9H,10-15H2,(H,21,22,25). The lowest BCUT2D eigenvalue weighted by atomic mass is 10.2. The summed E-state index contributed by atoms with van der Waals surface area (Å²) in [6.07, 6.45) is 0. The number of hydrogen-bond acceptors (Lipinski definition) is 5. The SMILES string of the molecule is O=c1[nH]c(CN2CCN(S(=O)(=O)Cc3ccccc3)CC2)nc2ccccc12. The molecule has 4 rings (SSSR count). The molecule has 2 heterocycles. The second kappa shape index (κ2) is 7.83. The second-order valence-corrected chi connectivity index (χ2v) is 8.92. The monoisotopic (exact) mass is 398 g/mol. The van der Waals surface area contributed by atoms with Crippen molar-refractivity contribution < 1.29 is 8.42 Å². The van der Waals surface area contributed by atoms with Crippen LogP contribution >= 0.6 is 0 Å². The molecule has 0 aliphatic carbocycles. The number of nitrogens with zero attached hydrogens (tertiary/aromatic N) is 3. The average Bonchev–Trinajstić information content (AvgIpc) is 2.69. The summed E-state index contributed by atoms with van der Waals surface area (Å²) < 4.78 is 26.9. The smallest absolute Gasteiger partial charge is 0.258 e. The number of nitrogens with one attached hydrogen (secondary N) is 1. The molecule has 0 radical (unpaired) electrons. The van der Waals surface area contributed by atoms with Gasteiger partial charge in [0.05, 0.1) is 23.2 Å². The van der Waals surface area contributed by atoms with Crippen LogP contribution in [-0.2, 0) is 22.3 Å². The summed E-state index contributed by atoms with van der Waals surface area (Å²) in [5, 5.41) is 0.572. The summed E-state index contributed by atoms with van der Waals surface area (Å²) in [4.78, 5) is 21.7. The minimum Gasteiger partial charge on any atom is -0.309 e. The molecule has 1 N–H and O–H groups in total. The van der Waals surface area contributed by atoms with E-state index in [9.17, 15) is 13.2 Å². The molecule has 146 valence electrons. The fraction of sp³-hybridized carbons (Fsp3) is 0.300. The van der Waals surface area contributed by atoms with Gasteiger partial charge in [-0.1, -0.05) is 42.5 Å². The highest BCUT2D eigenvalue weighted by Crippen LogP contribution is 2.15. The van der Waals surface area contributed by atoms with E-state index in [0.717, 1.165) is 5.56 Å². The van der Waals surface area contributed by atoms with Crippen molar-refractivity contribution in [3.63, 3.8) is 0 Å². The van der Waals surface area contributed by atoms with Crippen LogP contribution < -0.4 is 5.56 Å². The van der Waals surface area contributed by atoms with E-state index in [1.165, 1.54) is 0 Å². The van der Waals surface area contributed by atoms with Crippen molar-refractivity contribution in [3.05, 3.63) is 76.3 Å². The first-order chi connectivity index (χ1) is 13.5. The minimum absolute atomic E-state index is 0.0212. The lowest BCUT2D eigenvalue weighted by molar-refractivity contribution is 0.178. The normalized spacial score (nSPS) is 16.4. The molecule has 0 saturated carbocycles. The highest BCUT2D eigenvalue weighted by Gasteiger charge is 2.27. The summed E-state index contributed by atoms with van der Waals surface area (Å²) in [7, 11) is -3.33. The van der Waals surface area contributed by atoms with Gasteiger partial charge in [0.1, 0.15) is 5.82 Å². The van der Waals surface area contributed by atoms with E-state index < -0.39 is 10.0 Å². The molecule has 1 saturated heterocycles. The Kier molecular flexibility index (Phi) is 5.25. The summed E-state index contributed by atoms with van der Waals surface area (Å²) in [5.74, 6) is 0.622. The van der Waals surface area contributed by atoms with Gasteiger partial charge in [0.25, 0.3) is 5.56 Å². The van der Waals surface area contributed by atoms with Crippen LogP contribution in [0, 0.1) is 0 Å². The zero-order valence-corrected chi connectivity index (χ0v) is 16.2. The van der Waals surface area contributed by atoms with Crippen LogP contribution in [-0.4, -0.2) is 53.8 Å². The number of para-hydroxylation sites is 1. The number of hydrogen-bond donors (Lipinski definition) is 1. The van der Waals surface area contributed by atoms with E-state index in [4.69, 9.17) is 0 Å². The van der Waals surface area contributed by atoms with Crippen LogP contribution in [0.1, 0.15) is 11.4 Å². The molecule has 28 heavy (non-hydrogen) atoms. The highest BCUT2D eigenvalue weighted by atomic mass is 32.2. The zero-order chi connectivity index (χ0) is 19.6. The maximum absolute atomic E-state index is 12.7. The molecule has 0 unspecified atom stereocenters. The van der Waals surface area contributed by atoms with Crippen molar-refractivity contribution >= 4 is 20.9 Å². The molecule has 1 aromatic heterocycles. The van der Waals surface area contributed by atoms with Gasteiger partial charge in [-0.25, -0.2) is 13.4 Å². The molecular formula is C20H22N4O3S. The Balaban J connectivity index is 1.40. The van der Waals surface area contributed by atoms with Crippen molar-refractivity contribution in [1.82, 2.24) is 19.2 Å². The van der Waals surface area contributed by atoms with E-state index in [1.807, 2.05) is 48.5 Å². The molecule has 1 aliphatic rings. The number of piperazine rings is 1. The largest absolute Gasteiger partial charge is 0.309 e. The Morgan fingerprint density at radius 3 is 2.36 bits per heavy atom. The van der Waals surface area contributed by atoms with Crippen molar-refractivity contribution in [3.8, 4) is 0 Å². The van der Waals surface area contributed by atoms with Crippen molar-refractivity contribution in [2.24, 2.45) is 0 Å². The Morgan fingerprint density at radius 2 is 1.61 bits per heavy atom. The lowest BCUT2D eigenvalue weighted by Gasteiger charge is -2.33. The van der Waals surface area contributed by atoms with Gasteiger partial charge in [0.15, 0.2) is 0 Å². The van der Waals surface area contributed by atoms with Crippen LogP contribution in [0.2, 0.25) is 0 Å². The first-order valence-corrected chi connectivity index (χ1v) is 10.8. The minimum atomic E-state index is -3.33. The molecule has 0 bridgehead atoms. The van der Waals surface area contributed by atoms with Crippen LogP contribution in [0.4, 0.5) is 0 Å². The molecule has 8 heteroatoms. The molecule has 2 aromatic carbocycles. The molecular weight excluding hydrogens is 376 g/mol. The Bertz CT molecular complexity index is 1120. The van der Waals surface area contributed by atoms with Gasteiger partial charge < -0.3 is 4.98 Å². The van der Waals surface area contributed by atoms with Crippen LogP contribution in [0.5, 0.6) is 0 Å². The molecule has 0 atom stereocenters. The van der Waals surface area contributed by atoms with Crippen molar-refractivity contribution in [1.29, 1.82) is 0 Å². The highest BCUT2D eigenvalue weighted by molar-refractivity contribution is 7.88. The third-order valence-corrected chi connectivity index (χ3v) is 6.80. The molecule has 0 spiro atoms. The van der Waals surface area contributed by atoms with E-state index in [2.05, 4.69) is 14.9 Å². The van der Waals surface area contributed by atoms with E-state index in [-0.39, 0.29) is 11.3 Å². The number of benzene rings is 2. The Morgan fingerprint density at radius 1 is 0.929 bits per heavy atom. The van der Waals surface area contributed by atoms with Crippen LogP contribution in [0.3, 0.4) is 0 Å². The first-order valence-electron chi connectivity index (χ1n) is 9.23. The number of sulfonamides is 1. The Labute approximate surface area is 163 Å². The topological polar surface area (TPSA) is 86.4 Å². The molecule has 1 fully saturated rings. The summed E-state index contributed by atoms with van der Waals surface area (Å²) in [6, 6.07) is 16.5. The number of aromatic nitrogens is 2. The number of fused-ring (bicyclic) bond motifs is 1. The second-order valence-electron chi connectivity index (χ2n) is 6.95. The van der Waals surface area contributed by atoms with Crippen LogP contribution in [0.25, 0.3) is 10.9 Å². The fourth-order valence-corrected chi connectivity index (χ4v) is 4.98. The third-order valence-electron chi connectivity index (χ3n) is 4.95. The molecule has 7 nitrogen and oxygen atoms in total. The van der Waals surface area contributed by atoms with Gasteiger partial charge >= 0.3 is 0 Å². The van der Waals surface area contributed by atoms with Gasteiger partial charge in [0, 0.05) is 26.2 Å². The van der Waals surface area contributed by atoms with Gasteiger partial charge in [-0.05, 0) is 17.7 Å². The first kappa shape index (κ1) is 18.8. The van der Waals surface area contributed by atoms with Gasteiger partial charge in [-0.3, -0.25) is 9.69 Å². The molecule has 3 aromatic rings. The number of rotatable bonds is 5. The van der Waals surface area contributed by atoms with Gasteiger partial charge in [-0.15, -0.1) is 0 Å². The zero-order valence-electron chi connectivity index (χ0n) is 15.4. The molecule has 1 aliphatic heterocycles. The third kappa shape index (κ3) is 4.14. The molecule has 0 amide bonds. The number of aromatic amines is 1. The van der Waals surface area contributed by atoms with Gasteiger partial charge in [-0.2, -0.15) is 4.31 Å². The van der Waals surface area contributed by atoms with E-state index >= 15 is 0 Å². The Hall–Kier alpha value is -2.55. The van der Waals surface area contributed by atoms with E-state index in [1.54, 1.807) is 10.4 Å². The summed E-state index contributed by atoms with van der Waals surface area (Å²) in [6.45, 7) is 2.57. The fourth-order valence-electron chi connectivity index (χ4n) is 3.46.